The lowest BCUT2D eigenvalue weighted by molar-refractivity contribution is 0.0707. The third kappa shape index (κ3) is 4.97. The minimum absolute atomic E-state index is 0.103. The second-order valence-electron chi connectivity index (χ2n) is 8.90. The highest BCUT2D eigenvalue weighted by molar-refractivity contribution is 6.42. The fraction of sp³-hybridized carbons (Fsp3) is 0.214. The van der Waals surface area contributed by atoms with E-state index in [1.165, 1.54) is 10.6 Å². The van der Waals surface area contributed by atoms with Gasteiger partial charge in [-0.25, -0.2) is 4.79 Å². The van der Waals surface area contributed by atoms with Crippen LogP contribution in [0.2, 0.25) is 10.0 Å². The summed E-state index contributed by atoms with van der Waals surface area (Å²) in [6.45, 7) is 0.667. The second-order valence-corrected chi connectivity index (χ2v) is 9.72. The molecule has 2 aromatic heterocycles. The Balaban J connectivity index is 1.53. The molecular formula is C28H24Cl2N4O4. The number of carbonyl (C=O) groups excluding carboxylic acids is 2. The number of amides is 1. The van der Waals surface area contributed by atoms with Crippen molar-refractivity contribution in [3.05, 3.63) is 110 Å². The van der Waals surface area contributed by atoms with Crippen molar-refractivity contribution in [3.8, 4) is 11.4 Å². The first-order chi connectivity index (χ1) is 18.4. The highest BCUT2D eigenvalue weighted by atomic mass is 35.5. The number of aryl methyl sites for hydroxylation is 1. The molecule has 0 aliphatic carbocycles. The Morgan fingerprint density at radius 1 is 1.03 bits per heavy atom. The zero-order valence-electron chi connectivity index (χ0n) is 20.6. The summed E-state index contributed by atoms with van der Waals surface area (Å²) in [7, 11) is 1.56. The molecule has 0 atom stereocenters. The SMILES string of the molecule is COc1ccc(-n2c(C(=O)CCc3cccnc3)c3n(c2=O)CCN(C(=O)c2ccc(Cl)c(Cl)c2)C3)cc1. The number of carbonyl (C=O) groups is 2. The maximum absolute atomic E-state index is 13.7. The highest BCUT2D eigenvalue weighted by Gasteiger charge is 2.32. The van der Waals surface area contributed by atoms with Gasteiger partial charge in [0.25, 0.3) is 5.91 Å². The summed E-state index contributed by atoms with van der Waals surface area (Å²) in [6, 6.07) is 15.4. The second kappa shape index (κ2) is 10.8. The number of imidazole rings is 1. The normalized spacial score (nSPS) is 12.8. The van der Waals surface area contributed by atoms with E-state index in [9.17, 15) is 14.4 Å². The van der Waals surface area contributed by atoms with E-state index < -0.39 is 0 Å². The van der Waals surface area contributed by atoms with E-state index in [0.717, 1.165) is 5.56 Å². The minimum Gasteiger partial charge on any atom is -0.497 e. The molecule has 8 nitrogen and oxygen atoms in total. The number of Topliss-reactive ketones (excluding diaryl/α,β-unsaturated/α-hetero) is 1. The number of ketones is 1. The maximum atomic E-state index is 13.7. The van der Waals surface area contributed by atoms with Gasteiger partial charge in [-0.05, 0) is 60.5 Å². The molecule has 194 valence electrons. The summed E-state index contributed by atoms with van der Waals surface area (Å²) in [5.41, 5.74) is 2.30. The van der Waals surface area contributed by atoms with Crippen LogP contribution in [0.5, 0.6) is 5.75 Å². The first-order valence-corrected chi connectivity index (χ1v) is 12.8. The molecule has 0 spiro atoms. The van der Waals surface area contributed by atoms with Crippen molar-refractivity contribution in [2.24, 2.45) is 0 Å². The predicted octanol–water partition coefficient (Wildman–Crippen LogP) is 4.82. The third-order valence-corrected chi connectivity index (χ3v) is 7.33. The lowest BCUT2D eigenvalue weighted by atomic mass is 10.0. The van der Waals surface area contributed by atoms with Gasteiger partial charge in [-0.2, -0.15) is 0 Å². The quantitative estimate of drug-likeness (QED) is 0.308. The van der Waals surface area contributed by atoms with Crippen LogP contribution in [0.4, 0.5) is 0 Å². The number of hydrogen-bond donors (Lipinski definition) is 0. The van der Waals surface area contributed by atoms with Gasteiger partial charge >= 0.3 is 5.69 Å². The van der Waals surface area contributed by atoms with Gasteiger partial charge in [0, 0.05) is 37.5 Å². The number of halogens is 2. The van der Waals surface area contributed by atoms with Gasteiger partial charge in [-0.1, -0.05) is 29.3 Å². The van der Waals surface area contributed by atoms with E-state index in [4.69, 9.17) is 27.9 Å². The lowest BCUT2D eigenvalue weighted by Crippen LogP contribution is -2.41. The Morgan fingerprint density at radius 2 is 1.82 bits per heavy atom. The predicted molar refractivity (Wildman–Crippen MR) is 145 cm³/mol. The van der Waals surface area contributed by atoms with E-state index in [1.54, 1.807) is 65.4 Å². The summed E-state index contributed by atoms with van der Waals surface area (Å²) in [4.78, 5) is 46.3. The molecule has 38 heavy (non-hydrogen) atoms. The molecule has 0 N–H and O–H groups in total. The largest absolute Gasteiger partial charge is 0.497 e. The monoisotopic (exact) mass is 550 g/mol. The summed E-state index contributed by atoms with van der Waals surface area (Å²) in [5.74, 6) is 0.182. The topological polar surface area (TPSA) is 86.4 Å². The Bertz CT molecular complexity index is 1560. The molecule has 5 rings (SSSR count). The fourth-order valence-corrected chi connectivity index (χ4v) is 4.92. The van der Waals surface area contributed by atoms with Crippen LogP contribution in [0.3, 0.4) is 0 Å². The average molecular weight is 551 g/mol. The van der Waals surface area contributed by atoms with Crippen molar-refractivity contribution in [1.29, 1.82) is 0 Å². The van der Waals surface area contributed by atoms with Crippen LogP contribution < -0.4 is 10.4 Å². The molecule has 0 saturated heterocycles. The molecule has 4 aromatic rings. The molecule has 0 saturated carbocycles. The number of benzene rings is 2. The van der Waals surface area contributed by atoms with Gasteiger partial charge in [0.15, 0.2) is 5.78 Å². The van der Waals surface area contributed by atoms with Crippen LogP contribution in [0, 0.1) is 0 Å². The zero-order valence-corrected chi connectivity index (χ0v) is 22.1. The van der Waals surface area contributed by atoms with E-state index in [0.29, 0.717) is 40.7 Å². The molecule has 2 aromatic carbocycles. The number of rotatable bonds is 7. The molecule has 10 heteroatoms. The molecule has 0 bridgehead atoms. The van der Waals surface area contributed by atoms with Crippen LogP contribution in [0.25, 0.3) is 5.69 Å². The Labute approximate surface area is 229 Å². The first-order valence-electron chi connectivity index (χ1n) is 12.0. The number of aromatic nitrogens is 3. The molecule has 1 aliphatic heterocycles. The first kappa shape index (κ1) is 25.8. The number of nitrogens with zero attached hydrogens (tertiary/aromatic N) is 4. The van der Waals surface area contributed by atoms with Crippen LogP contribution >= 0.6 is 23.2 Å². The van der Waals surface area contributed by atoms with Crippen LogP contribution in [0.1, 0.15) is 38.5 Å². The Morgan fingerprint density at radius 3 is 2.50 bits per heavy atom. The highest BCUT2D eigenvalue weighted by Crippen LogP contribution is 2.26. The zero-order chi connectivity index (χ0) is 26.8. The van der Waals surface area contributed by atoms with Gasteiger partial charge in [-0.15, -0.1) is 0 Å². The average Bonchev–Trinajstić information content (AvgIpc) is 3.25. The Hall–Kier alpha value is -3.88. The van der Waals surface area contributed by atoms with Gasteiger partial charge in [0.2, 0.25) is 0 Å². The number of pyridine rings is 1. The van der Waals surface area contributed by atoms with Crippen molar-refractivity contribution in [1.82, 2.24) is 19.0 Å². The van der Waals surface area contributed by atoms with E-state index in [1.807, 2.05) is 12.1 Å². The van der Waals surface area contributed by atoms with Gasteiger partial charge in [0.05, 0.1) is 35.1 Å². The van der Waals surface area contributed by atoms with Crippen molar-refractivity contribution in [3.63, 3.8) is 0 Å². The van der Waals surface area contributed by atoms with E-state index in [2.05, 4.69) is 4.98 Å². The minimum atomic E-state index is -0.323. The molecule has 0 fully saturated rings. The molecule has 0 unspecified atom stereocenters. The molecule has 0 radical (unpaired) electrons. The van der Waals surface area contributed by atoms with E-state index >= 15 is 0 Å². The summed E-state index contributed by atoms with van der Waals surface area (Å²) >= 11 is 12.2. The van der Waals surface area contributed by atoms with Crippen molar-refractivity contribution >= 4 is 34.9 Å². The molecular weight excluding hydrogens is 527 g/mol. The summed E-state index contributed by atoms with van der Waals surface area (Å²) in [6.07, 6.45) is 4.05. The van der Waals surface area contributed by atoms with Gasteiger partial charge < -0.3 is 9.64 Å². The van der Waals surface area contributed by atoms with E-state index in [-0.39, 0.29) is 47.6 Å². The molecule has 1 amide bonds. The molecule has 1 aliphatic rings. The van der Waals surface area contributed by atoms with Crippen molar-refractivity contribution < 1.29 is 14.3 Å². The number of hydrogen-bond acceptors (Lipinski definition) is 5. The van der Waals surface area contributed by atoms with Crippen LogP contribution in [0.15, 0.2) is 71.8 Å². The number of fused-ring (bicyclic) bond motifs is 1. The van der Waals surface area contributed by atoms with Crippen LogP contribution in [-0.4, -0.2) is 44.4 Å². The van der Waals surface area contributed by atoms with Crippen molar-refractivity contribution in [2.75, 3.05) is 13.7 Å². The number of methoxy groups -OCH3 is 1. The Kier molecular flexibility index (Phi) is 7.35. The number of ether oxygens (including phenoxy) is 1. The van der Waals surface area contributed by atoms with Crippen LogP contribution in [-0.2, 0) is 19.5 Å². The fourth-order valence-electron chi connectivity index (χ4n) is 4.62. The van der Waals surface area contributed by atoms with Gasteiger partial charge in [0.1, 0.15) is 11.4 Å². The lowest BCUT2D eigenvalue weighted by Gasteiger charge is -2.28. The summed E-state index contributed by atoms with van der Waals surface area (Å²) < 4.78 is 8.27. The third-order valence-electron chi connectivity index (χ3n) is 6.59. The standard InChI is InChI=1S/C28H24Cl2N4O4/c1-38-21-8-6-20(7-9-21)34-26(25(35)11-4-18-3-2-12-31-16-18)24-17-32(13-14-33(24)28(34)37)27(36)19-5-10-22(29)23(30)15-19/h2-3,5-10,12,15-16H,4,11,13-14,17H2,1H3. The van der Waals surface area contributed by atoms with Gasteiger partial charge in [-0.3, -0.25) is 23.7 Å². The smallest absolute Gasteiger partial charge is 0.333 e. The molecule has 3 heterocycles. The van der Waals surface area contributed by atoms with Crippen molar-refractivity contribution in [2.45, 2.75) is 25.9 Å². The maximum Gasteiger partial charge on any atom is 0.333 e. The summed E-state index contributed by atoms with van der Waals surface area (Å²) in [5, 5.41) is 0.636.